The number of aliphatic hydroxyl groups excluding tert-OH is 1. The second-order valence-electron chi connectivity index (χ2n) is 9.60. The molecule has 1 amide bonds. The average molecular weight is 537 g/mol. The molecule has 3 aromatic rings. The fourth-order valence-corrected chi connectivity index (χ4v) is 4.69. The van der Waals surface area contributed by atoms with Crippen LogP contribution in [0.2, 0.25) is 0 Å². The van der Waals surface area contributed by atoms with Crippen molar-refractivity contribution in [1.82, 2.24) is 15.2 Å². The number of fused-ring (bicyclic) bond motifs is 1. The molecule has 0 saturated heterocycles. The van der Waals surface area contributed by atoms with Crippen molar-refractivity contribution in [2.45, 2.75) is 44.4 Å². The summed E-state index contributed by atoms with van der Waals surface area (Å²) in [6, 6.07) is 8.93. The molecule has 39 heavy (non-hydrogen) atoms. The number of aliphatic hydroxyl groups is 1. The van der Waals surface area contributed by atoms with Crippen molar-refractivity contribution in [3.63, 3.8) is 0 Å². The van der Waals surface area contributed by atoms with Crippen LogP contribution >= 0.6 is 0 Å². The van der Waals surface area contributed by atoms with Gasteiger partial charge in [0.25, 0.3) is 0 Å². The molecule has 1 heterocycles. The van der Waals surface area contributed by atoms with Crippen LogP contribution in [0.25, 0.3) is 10.9 Å². The first-order valence-corrected chi connectivity index (χ1v) is 12.8. The largest absolute Gasteiger partial charge is 0.506 e. The molecule has 2 aromatic carbocycles. The van der Waals surface area contributed by atoms with Crippen LogP contribution in [0.1, 0.15) is 42.9 Å². The van der Waals surface area contributed by atoms with Gasteiger partial charge in [0.05, 0.1) is 24.4 Å². The number of aromatic hydroxyl groups is 1. The summed E-state index contributed by atoms with van der Waals surface area (Å²) in [4.78, 5) is 28.8. The number of amides is 1. The summed E-state index contributed by atoms with van der Waals surface area (Å²) in [5.41, 5.74) is 0.952. The number of carbonyl (C=O) groups excluding carboxylic acids is 1. The molecule has 10 heteroatoms. The molecule has 206 valence electrons. The number of aromatic amines is 1. The molecule has 0 fully saturated rings. The number of H-pyrrole nitrogens is 1. The number of nitrogens with one attached hydrogen (secondary N) is 3. The van der Waals surface area contributed by atoms with Crippen molar-refractivity contribution in [2.75, 3.05) is 32.6 Å². The number of halogens is 1. The lowest BCUT2D eigenvalue weighted by Gasteiger charge is -2.27. The molecule has 5 N–H and O–H groups in total. The third kappa shape index (κ3) is 6.95. The van der Waals surface area contributed by atoms with E-state index in [-0.39, 0.29) is 47.9 Å². The minimum Gasteiger partial charge on any atom is -0.506 e. The minimum atomic E-state index is -0.966. The highest BCUT2D eigenvalue weighted by Crippen LogP contribution is 2.29. The lowest BCUT2D eigenvalue weighted by atomic mass is 10.0. The Morgan fingerprint density at radius 1 is 1.28 bits per heavy atom. The average Bonchev–Trinajstić information content (AvgIpc) is 2.94. The highest BCUT2D eigenvalue weighted by atomic mass is 19.1. The quantitative estimate of drug-likeness (QED) is 0.239. The predicted molar refractivity (Wildman–Crippen MR) is 147 cm³/mol. The van der Waals surface area contributed by atoms with Gasteiger partial charge >= 0.3 is 0 Å². The second-order valence-corrected chi connectivity index (χ2v) is 9.60. The molecular formula is C29H33FN4O5. The smallest absolute Gasteiger partial charge is 0.248 e. The first-order valence-electron chi connectivity index (χ1n) is 12.8. The number of hydrogen-bond donors (Lipinski definition) is 5. The maximum Gasteiger partial charge on any atom is 0.248 e. The molecule has 1 aromatic heterocycles. The third-order valence-corrected chi connectivity index (χ3v) is 6.94. The van der Waals surface area contributed by atoms with Gasteiger partial charge in [0.15, 0.2) is 0 Å². The van der Waals surface area contributed by atoms with E-state index < -0.39 is 11.9 Å². The fraction of sp³-hybridized carbons (Fsp3) is 0.379. The maximum atomic E-state index is 14.9. The Labute approximate surface area is 226 Å². The van der Waals surface area contributed by atoms with Gasteiger partial charge < -0.3 is 35.5 Å². The molecule has 2 atom stereocenters. The van der Waals surface area contributed by atoms with E-state index in [2.05, 4.69) is 32.4 Å². The lowest BCUT2D eigenvalue weighted by molar-refractivity contribution is -0.116. The van der Waals surface area contributed by atoms with Crippen LogP contribution in [0.15, 0.2) is 41.2 Å². The number of benzene rings is 2. The van der Waals surface area contributed by atoms with E-state index >= 15 is 0 Å². The van der Waals surface area contributed by atoms with Gasteiger partial charge in [-0.15, -0.1) is 11.8 Å². The Hall–Kier alpha value is -3.91. The van der Waals surface area contributed by atoms with Crippen LogP contribution in [0.3, 0.4) is 0 Å². The Kier molecular flexibility index (Phi) is 9.19. The predicted octanol–water partition coefficient (Wildman–Crippen LogP) is 3.02. The first kappa shape index (κ1) is 28.1. The van der Waals surface area contributed by atoms with E-state index in [0.717, 1.165) is 19.3 Å². The van der Waals surface area contributed by atoms with Gasteiger partial charge in [-0.1, -0.05) is 6.07 Å². The van der Waals surface area contributed by atoms with E-state index in [9.17, 15) is 24.2 Å². The molecule has 1 aliphatic rings. The SMILES string of the molecule is COc1cc(NC(=O)CCN(C)C2CC#CCC2)c(F)cc1CNC[C@H](O)c1ccc(O)c2[nH]c(=O)ccc12. The summed E-state index contributed by atoms with van der Waals surface area (Å²) in [6.07, 6.45) is 1.90. The molecule has 1 unspecified atom stereocenters. The van der Waals surface area contributed by atoms with Crippen molar-refractivity contribution in [3.05, 3.63) is 63.7 Å². The zero-order chi connectivity index (χ0) is 27.9. The third-order valence-electron chi connectivity index (χ3n) is 6.94. The molecular weight excluding hydrogens is 503 g/mol. The van der Waals surface area contributed by atoms with E-state index in [0.29, 0.717) is 34.8 Å². The molecule has 0 spiro atoms. The zero-order valence-electron chi connectivity index (χ0n) is 22.0. The molecule has 0 aliphatic heterocycles. The summed E-state index contributed by atoms with van der Waals surface area (Å²) in [7, 11) is 3.43. The van der Waals surface area contributed by atoms with Gasteiger partial charge in [0.1, 0.15) is 17.3 Å². The summed E-state index contributed by atoms with van der Waals surface area (Å²) in [6.45, 7) is 0.851. The molecule has 9 nitrogen and oxygen atoms in total. The Bertz CT molecular complexity index is 1460. The summed E-state index contributed by atoms with van der Waals surface area (Å²) in [5.74, 6) is 5.60. The number of phenolic OH excluding ortho intramolecular Hbond substituents is 1. The van der Waals surface area contributed by atoms with E-state index in [4.69, 9.17) is 4.74 Å². The highest BCUT2D eigenvalue weighted by Gasteiger charge is 2.18. The van der Waals surface area contributed by atoms with E-state index in [1.54, 1.807) is 12.1 Å². The minimum absolute atomic E-state index is 0.0383. The summed E-state index contributed by atoms with van der Waals surface area (Å²) in [5, 5.41) is 27.0. The monoisotopic (exact) mass is 536 g/mol. The lowest BCUT2D eigenvalue weighted by Crippen LogP contribution is -2.34. The molecule has 1 aliphatic carbocycles. The van der Waals surface area contributed by atoms with Gasteiger partial charge in [-0.25, -0.2) is 4.39 Å². The van der Waals surface area contributed by atoms with Crippen LogP contribution in [0, 0.1) is 17.7 Å². The van der Waals surface area contributed by atoms with Crippen LogP contribution < -0.4 is 20.9 Å². The molecule has 4 rings (SSSR count). The van der Waals surface area contributed by atoms with Crippen LogP contribution in [-0.4, -0.2) is 59.3 Å². The van der Waals surface area contributed by atoms with Crippen molar-refractivity contribution in [3.8, 4) is 23.3 Å². The second kappa shape index (κ2) is 12.8. The normalized spacial score (nSPS) is 15.6. The molecule has 0 saturated carbocycles. The number of phenols is 1. The van der Waals surface area contributed by atoms with Crippen LogP contribution in [-0.2, 0) is 11.3 Å². The maximum absolute atomic E-state index is 14.9. The van der Waals surface area contributed by atoms with Crippen molar-refractivity contribution in [2.24, 2.45) is 0 Å². The standard InChI is InChI=1S/C29H33FN4O5/c1-34(19-6-4-3-5-7-19)13-12-28(38)32-23-15-26(39-2)18(14-22(23)30)16-31-17-25(36)20-8-10-24(35)29-21(20)9-11-27(37)33-29/h8-11,14-15,19,25,31,35-36H,4,6-7,12-13,16-17H2,1-2H3,(H,32,38)(H,33,37)/t19?,25-/m0/s1. The number of hydrogen-bond acceptors (Lipinski definition) is 7. The number of nitrogens with zero attached hydrogens (tertiary/aromatic N) is 1. The first-order chi connectivity index (χ1) is 18.8. The van der Waals surface area contributed by atoms with Crippen LogP contribution in [0.4, 0.5) is 10.1 Å². The van der Waals surface area contributed by atoms with E-state index in [1.807, 2.05) is 7.05 Å². The van der Waals surface area contributed by atoms with E-state index in [1.165, 1.54) is 31.4 Å². The Morgan fingerprint density at radius 3 is 2.85 bits per heavy atom. The van der Waals surface area contributed by atoms with Crippen molar-refractivity contribution < 1.29 is 24.1 Å². The molecule has 0 radical (unpaired) electrons. The highest BCUT2D eigenvalue weighted by molar-refractivity contribution is 5.91. The Morgan fingerprint density at radius 2 is 2.10 bits per heavy atom. The number of rotatable bonds is 11. The van der Waals surface area contributed by atoms with Gasteiger partial charge in [0.2, 0.25) is 11.5 Å². The van der Waals surface area contributed by atoms with Gasteiger partial charge in [0, 0.05) is 68.0 Å². The number of pyridine rings is 1. The number of ether oxygens (including phenoxy) is 1. The Balaban J connectivity index is 1.35. The van der Waals surface area contributed by atoms with Crippen molar-refractivity contribution >= 4 is 22.5 Å². The summed E-state index contributed by atoms with van der Waals surface area (Å²) < 4.78 is 20.3. The summed E-state index contributed by atoms with van der Waals surface area (Å²) >= 11 is 0. The molecule has 0 bridgehead atoms. The topological polar surface area (TPSA) is 127 Å². The number of aromatic nitrogens is 1. The van der Waals surface area contributed by atoms with Crippen molar-refractivity contribution in [1.29, 1.82) is 0 Å². The number of anilines is 1. The van der Waals surface area contributed by atoms with Gasteiger partial charge in [-0.05, 0) is 37.2 Å². The zero-order valence-corrected chi connectivity index (χ0v) is 22.0. The number of methoxy groups -OCH3 is 1. The number of carbonyl (C=O) groups is 1. The van der Waals surface area contributed by atoms with Gasteiger partial charge in [-0.2, -0.15) is 0 Å². The van der Waals surface area contributed by atoms with Gasteiger partial charge in [-0.3, -0.25) is 9.59 Å². The fourth-order valence-electron chi connectivity index (χ4n) is 4.69. The van der Waals surface area contributed by atoms with Crippen LogP contribution in [0.5, 0.6) is 11.5 Å².